The van der Waals surface area contributed by atoms with Crippen molar-refractivity contribution in [1.29, 1.82) is 0 Å². The number of carbonyl (C=O) groups excluding carboxylic acids is 1. The first kappa shape index (κ1) is 40.5. The Morgan fingerprint density at radius 2 is 1.38 bits per heavy atom. The molecule has 2 aromatic carbocycles. The highest BCUT2D eigenvalue weighted by Crippen LogP contribution is 2.50. The second-order valence-electron chi connectivity index (χ2n) is 16.2. The van der Waals surface area contributed by atoms with E-state index in [-0.39, 0.29) is 56.7 Å². The van der Waals surface area contributed by atoms with Crippen molar-refractivity contribution in [2.24, 2.45) is 0 Å². The molecule has 0 spiro atoms. The number of benzene rings is 2. The third-order valence-corrected chi connectivity index (χ3v) is 10.1. The molecule has 1 aliphatic carbocycles. The van der Waals surface area contributed by atoms with E-state index in [1.807, 2.05) is 36.4 Å². The van der Waals surface area contributed by atoms with E-state index in [1.165, 1.54) is 0 Å². The average Bonchev–Trinajstić information content (AvgIpc) is 3.26. The summed E-state index contributed by atoms with van der Waals surface area (Å²) in [6.07, 6.45) is 5.62. The number of fused-ring (bicyclic) bond motifs is 2. The van der Waals surface area contributed by atoms with Gasteiger partial charge in [-0.15, -0.1) is 0 Å². The fourth-order valence-electron chi connectivity index (χ4n) is 7.07. The van der Waals surface area contributed by atoms with E-state index in [9.17, 15) is 9.90 Å². The molecule has 262 valence electrons. The van der Waals surface area contributed by atoms with Gasteiger partial charge in [0.2, 0.25) is 5.69 Å². The Morgan fingerprint density at radius 3 is 1.96 bits per heavy atom. The van der Waals surface area contributed by atoms with Gasteiger partial charge in [-0.1, -0.05) is 42.8 Å². The van der Waals surface area contributed by atoms with Crippen LogP contribution in [0.4, 0.5) is 11.4 Å². The third kappa shape index (κ3) is 7.84. The summed E-state index contributed by atoms with van der Waals surface area (Å²) >= 11 is 12.9. The van der Waals surface area contributed by atoms with Crippen molar-refractivity contribution in [2.75, 3.05) is 73.4 Å². The minimum absolute atomic E-state index is 0. The van der Waals surface area contributed by atoms with Crippen LogP contribution in [0.2, 0.25) is 10.0 Å². The monoisotopic (exact) mass is 822 g/mol. The van der Waals surface area contributed by atoms with Crippen molar-refractivity contribution >= 4 is 46.1 Å². The largest absolute Gasteiger partial charge is 1.00 e. The van der Waals surface area contributed by atoms with Gasteiger partial charge in [0, 0.05) is 68.7 Å². The highest BCUT2D eigenvalue weighted by atomic mass is 79.9. The molecule has 2 heterocycles. The topological polar surface area (TPSA) is 46.4 Å². The van der Waals surface area contributed by atoms with Crippen LogP contribution in [0.1, 0.15) is 51.7 Å². The molecule has 0 bridgehead atoms. The molecule has 3 aliphatic rings. The first-order chi connectivity index (χ1) is 21.2. The number of rotatable bonds is 10. The smallest absolute Gasteiger partial charge is 0.209 e. The van der Waals surface area contributed by atoms with Gasteiger partial charge in [-0.25, -0.2) is 0 Å². The molecule has 0 atom stereocenters. The van der Waals surface area contributed by atoms with E-state index in [2.05, 4.69) is 91.6 Å². The quantitative estimate of drug-likeness (QED) is 0.198. The van der Waals surface area contributed by atoms with E-state index in [0.717, 1.165) is 81.9 Å². The van der Waals surface area contributed by atoms with Crippen molar-refractivity contribution in [3.05, 3.63) is 92.3 Å². The van der Waals surface area contributed by atoms with Gasteiger partial charge in [-0.3, -0.25) is 4.79 Å². The van der Waals surface area contributed by atoms with Gasteiger partial charge in [0.25, 0.3) is 0 Å². The molecular weight excluding hydrogens is 775 g/mol. The summed E-state index contributed by atoms with van der Waals surface area (Å²) in [6.45, 7) is 12.2. The fourth-order valence-corrected chi connectivity index (χ4v) is 7.42. The Kier molecular flexibility index (Phi) is 12.1. The SMILES string of the molecule is CC1(C)C(/C=C2/C(=O)C(/C=C3\N(CCC[N+](C)(C)C)c4ccc(Cl)cc4C3(C)C)=C2[O-])=[N+](CCC[N+](C)(C)C)c2ccc(Cl)cc21.[Br-].[Br-]. The summed E-state index contributed by atoms with van der Waals surface area (Å²) < 4.78 is 4.01. The predicted molar refractivity (Wildman–Crippen MR) is 189 cm³/mol. The minimum atomic E-state index is -0.421. The zero-order chi connectivity index (χ0) is 34.0. The molecule has 0 N–H and O–H groups in total. The minimum Gasteiger partial charge on any atom is -1.00 e. The lowest BCUT2D eigenvalue weighted by molar-refractivity contribution is -0.871. The number of carbonyl (C=O) groups is 1. The van der Waals surface area contributed by atoms with Crippen LogP contribution < -0.4 is 44.0 Å². The number of hydrogen-bond donors (Lipinski definition) is 0. The number of nitrogens with zero attached hydrogens (tertiary/aromatic N) is 4. The van der Waals surface area contributed by atoms with E-state index in [4.69, 9.17) is 23.2 Å². The number of halogens is 4. The Labute approximate surface area is 318 Å². The highest BCUT2D eigenvalue weighted by Gasteiger charge is 2.46. The lowest BCUT2D eigenvalue weighted by atomic mass is 9.77. The summed E-state index contributed by atoms with van der Waals surface area (Å²) in [5.41, 5.74) is 5.96. The van der Waals surface area contributed by atoms with Crippen LogP contribution in [0.5, 0.6) is 0 Å². The lowest BCUT2D eigenvalue weighted by Gasteiger charge is -2.33. The summed E-state index contributed by atoms with van der Waals surface area (Å²) in [7, 11) is 13.1. The number of anilines is 1. The average molecular weight is 826 g/mol. The molecule has 48 heavy (non-hydrogen) atoms. The zero-order valence-corrected chi connectivity index (χ0v) is 34.7. The standard InChI is InChI=1S/C38H50Cl2N4O2.2BrH/c1-37(2)29-21-25(39)13-15-31(29)41(17-11-19-43(5,6)7)33(37)23-27-35(45)28(36(27)46)24-34-38(3,4)30-22-26(40)14-16-32(30)42(34)18-12-20-44(8,9)10;;/h13-16,21-24H,11-12,17-20H2,1-10H3;2*1H/q+2;;/p-2. The van der Waals surface area contributed by atoms with Crippen molar-refractivity contribution in [2.45, 2.75) is 51.4 Å². The molecule has 5 rings (SSSR count). The molecule has 0 fully saturated rings. The molecule has 0 amide bonds. The van der Waals surface area contributed by atoms with Crippen LogP contribution in [0, 0.1) is 0 Å². The first-order valence-electron chi connectivity index (χ1n) is 16.3. The van der Waals surface area contributed by atoms with Crippen LogP contribution in [0.3, 0.4) is 0 Å². The summed E-state index contributed by atoms with van der Waals surface area (Å²) in [6, 6.07) is 12.0. The summed E-state index contributed by atoms with van der Waals surface area (Å²) in [5, 5.41) is 15.2. The second kappa shape index (κ2) is 14.4. The van der Waals surface area contributed by atoms with Crippen molar-refractivity contribution in [1.82, 2.24) is 0 Å². The number of allylic oxidation sites excluding steroid dienone is 5. The van der Waals surface area contributed by atoms with E-state index in [1.54, 1.807) is 0 Å². The van der Waals surface area contributed by atoms with Crippen LogP contribution in [0.25, 0.3) is 0 Å². The van der Waals surface area contributed by atoms with Gasteiger partial charge in [-0.05, 0) is 55.8 Å². The van der Waals surface area contributed by atoms with Gasteiger partial charge in [0.1, 0.15) is 0 Å². The Bertz CT molecular complexity index is 1730. The van der Waals surface area contributed by atoms with Crippen molar-refractivity contribution in [3.8, 4) is 0 Å². The molecule has 6 nitrogen and oxygen atoms in total. The number of ketones is 1. The molecular formula is C38H50Br2Cl2N4O2. The number of Topliss-reactive ketones (excluding diaryl/α,β-unsaturated/α-hetero) is 1. The molecule has 10 heteroatoms. The van der Waals surface area contributed by atoms with Crippen LogP contribution >= 0.6 is 23.2 Å². The molecule has 0 saturated carbocycles. The lowest BCUT2D eigenvalue weighted by Crippen LogP contribution is -3.00. The second-order valence-corrected chi connectivity index (χ2v) is 17.0. The Hall–Kier alpha value is -1.94. The fraction of sp³-hybridized carbons (Fsp3) is 0.474. The summed E-state index contributed by atoms with van der Waals surface area (Å²) in [5.74, 6) is -0.394. The first-order valence-corrected chi connectivity index (χ1v) is 17.0. The van der Waals surface area contributed by atoms with E-state index >= 15 is 0 Å². The molecule has 0 saturated heterocycles. The normalized spacial score (nSPS) is 19.8. The number of quaternary nitrogens is 2. The predicted octanol–water partition coefficient (Wildman–Crippen LogP) is 0.375. The highest BCUT2D eigenvalue weighted by molar-refractivity contribution is 6.31. The molecule has 0 aromatic heterocycles. The van der Waals surface area contributed by atoms with Crippen molar-refractivity contribution < 1.29 is 57.4 Å². The number of hydrogen-bond acceptors (Lipinski definition) is 3. The van der Waals surface area contributed by atoms with Gasteiger partial charge in [-0.2, -0.15) is 4.58 Å². The Balaban J connectivity index is 0.00000312. The van der Waals surface area contributed by atoms with Crippen LogP contribution in [-0.2, 0) is 15.6 Å². The van der Waals surface area contributed by atoms with Crippen LogP contribution in [-0.4, -0.2) is 93.5 Å². The van der Waals surface area contributed by atoms with Gasteiger partial charge >= 0.3 is 0 Å². The molecule has 0 radical (unpaired) electrons. The van der Waals surface area contributed by atoms with E-state index in [0.29, 0.717) is 10.0 Å². The van der Waals surface area contributed by atoms with Crippen molar-refractivity contribution in [3.63, 3.8) is 0 Å². The van der Waals surface area contributed by atoms with Gasteiger partial charge in [0.15, 0.2) is 18.0 Å². The zero-order valence-electron chi connectivity index (χ0n) is 30.0. The third-order valence-electron chi connectivity index (χ3n) is 9.67. The maximum atomic E-state index is 13.9. The molecule has 2 aliphatic heterocycles. The van der Waals surface area contributed by atoms with Crippen LogP contribution in [0.15, 0.2) is 71.2 Å². The maximum absolute atomic E-state index is 13.9. The van der Waals surface area contributed by atoms with Gasteiger partial charge < -0.3 is 52.9 Å². The van der Waals surface area contributed by atoms with E-state index < -0.39 is 10.8 Å². The molecule has 2 aromatic rings. The maximum Gasteiger partial charge on any atom is 0.209 e. The summed E-state index contributed by atoms with van der Waals surface area (Å²) in [4.78, 5) is 16.1. The Morgan fingerprint density at radius 1 is 0.812 bits per heavy atom. The van der Waals surface area contributed by atoms with Gasteiger partial charge in [0.05, 0.1) is 67.2 Å². The molecule has 0 unspecified atom stereocenters.